The topological polar surface area (TPSA) is 41.5 Å². The molecule has 0 spiro atoms. The zero-order chi connectivity index (χ0) is 13.0. The molecule has 1 amide bonds. The smallest absolute Gasteiger partial charge is 0.267 e. The third-order valence-corrected chi connectivity index (χ3v) is 3.31. The molecule has 1 aliphatic carbocycles. The van der Waals surface area contributed by atoms with Crippen LogP contribution in [-0.2, 0) is 0 Å². The monoisotopic (exact) mass is 248 g/mol. The Labute approximate surface area is 106 Å². The van der Waals surface area contributed by atoms with Gasteiger partial charge in [0.05, 0.1) is 5.56 Å². The zero-order valence-electron chi connectivity index (χ0n) is 10.4. The van der Waals surface area contributed by atoms with Crippen LogP contribution < -0.4 is 5.43 Å². The van der Waals surface area contributed by atoms with Crippen LogP contribution >= 0.6 is 0 Å². The van der Waals surface area contributed by atoms with Gasteiger partial charge < -0.3 is 0 Å². The van der Waals surface area contributed by atoms with Crippen LogP contribution in [0.2, 0.25) is 0 Å². The van der Waals surface area contributed by atoms with Gasteiger partial charge in [0.15, 0.2) is 0 Å². The van der Waals surface area contributed by atoms with E-state index in [0.29, 0.717) is 5.92 Å². The fourth-order valence-corrected chi connectivity index (χ4v) is 2.16. The summed E-state index contributed by atoms with van der Waals surface area (Å²) in [7, 11) is 0. The normalized spacial score (nSPS) is 21.9. The summed E-state index contributed by atoms with van der Waals surface area (Å²) >= 11 is 0. The minimum atomic E-state index is -0.521. The molecule has 1 unspecified atom stereocenters. The Morgan fingerprint density at radius 3 is 2.89 bits per heavy atom. The van der Waals surface area contributed by atoms with E-state index in [1.807, 2.05) is 0 Å². The number of benzene rings is 1. The molecule has 1 saturated carbocycles. The van der Waals surface area contributed by atoms with Crippen LogP contribution in [0, 0.1) is 11.7 Å². The average Bonchev–Trinajstić information content (AvgIpc) is 2.38. The Morgan fingerprint density at radius 2 is 2.17 bits per heavy atom. The van der Waals surface area contributed by atoms with E-state index >= 15 is 0 Å². The summed E-state index contributed by atoms with van der Waals surface area (Å²) in [6.07, 6.45) is 4.34. The molecule has 0 aliphatic heterocycles. The maximum atomic E-state index is 13.4. The van der Waals surface area contributed by atoms with Crippen LogP contribution in [0.1, 0.15) is 43.0 Å². The molecule has 18 heavy (non-hydrogen) atoms. The molecule has 1 atom stereocenters. The molecule has 0 bridgehead atoms. The van der Waals surface area contributed by atoms with Crippen molar-refractivity contribution in [1.29, 1.82) is 0 Å². The van der Waals surface area contributed by atoms with Crippen molar-refractivity contribution in [2.45, 2.75) is 32.6 Å². The van der Waals surface area contributed by atoms with E-state index in [-0.39, 0.29) is 5.56 Å². The molecule has 0 heterocycles. The van der Waals surface area contributed by atoms with E-state index in [0.717, 1.165) is 25.0 Å². The number of hydrogen-bond acceptors (Lipinski definition) is 2. The molecule has 96 valence electrons. The minimum Gasteiger partial charge on any atom is -0.267 e. The van der Waals surface area contributed by atoms with Crippen LogP contribution in [0.15, 0.2) is 29.4 Å². The molecule has 0 saturated heterocycles. The molecule has 3 nitrogen and oxygen atoms in total. The Kier molecular flexibility index (Phi) is 4.07. The van der Waals surface area contributed by atoms with E-state index in [9.17, 15) is 9.18 Å². The third kappa shape index (κ3) is 2.94. The number of amides is 1. The van der Waals surface area contributed by atoms with Crippen molar-refractivity contribution < 1.29 is 9.18 Å². The maximum absolute atomic E-state index is 13.4. The van der Waals surface area contributed by atoms with Gasteiger partial charge in [-0.2, -0.15) is 5.10 Å². The van der Waals surface area contributed by atoms with Gasteiger partial charge in [0.2, 0.25) is 0 Å². The van der Waals surface area contributed by atoms with E-state index in [4.69, 9.17) is 0 Å². The van der Waals surface area contributed by atoms with Crippen LogP contribution in [-0.4, -0.2) is 11.6 Å². The molecule has 0 aromatic heterocycles. The molecule has 4 heteroatoms. The van der Waals surface area contributed by atoms with Crippen LogP contribution in [0.5, 0.6) is 0 Å². The van der Waals surface area contributed by atoms with Crippen LogP contribution in [0.25, 0.3) is 0 Å². The highest BCUT2D eigenvalue weighted by Gasteiger charge is 2.16. The van der Waals surface area contributed by atoms with Crippen molar-refractivity contribution in [2.75, 3.05) is 0 Å². The Bertz CT molecular complexity index is 471. The molecular weight excluding hydrogens is 231 g/mol. The van der Waals surface area contributed by atoms with Gasteiger partial charge in [-0.25, -0.2) is 9.82 Å². The fraction of sp³-hybridized carbons (Fsp3) is 0.429. The predicted molar refractivity (Wildman–Crippen MR) is 68.9 cm³/mol. The largest absolute Gasteiger partial charge is 0.274 e. The molecule has 1 aliphatic rings. The van der Waals surface area contributed by atoms with Gasteiger partial charge >= 0.3 is 0 Å². The predicted octanol–water partition coefficient (Wildman–Crippen LogP) is 3.12. The first-order chi connectivity index (χ1) is 8.68. The highest BCUT2D eigenvalue weighted by atomic mass is 19.1. The summed E-state index contributed by atoms with van der Waals surface area (Å²) in [4.78, 5) is 11.8. The quantitative estimate of drug-likeness (QED) is 0.803. The highest BCUT2D eigenvalue weighted by molar-refractivity contribution is 5.96. The number of nitrogens with zero attached hydrogens (tertiary/aromatic N) is 1. The van der Waals surface area contributed by atoms with Gasteiger partial charge in [0, 0.05) is 5.71 Å². The van der Waals surface area contributed by atoms with E-state index in [1.54, 1.807) is 12.1 Å². The molecule has 2 rings (SSSR count). The summed E-state index contributed by atoms with van der Waals surface area (Å²) < 4.78 is 13.4. The second-order valence-corrected chi connectivity index (χ2v) is 4.67. The van der Waals surface area contributed by atoms with Gasteiger partial charge in [-0.3, -0.25) is 4.79 Å². The number of hydrogen-bond donors (Lipinski definition) is 1. The van der Waals surface area contributed by atoms with E-state index in [1.165, 1.54) is 18.6 Å². The molecule has 1 aromatic carbocycles. The first-order valence-electron chi connectivity index (χ1n) is 6.30. The highest BCUT2D eigenvalue weighted by Crippen LogP contribution is 2.20. The standard InChI is InChI=1S/C14H17FN2O/c1-10-6-2-5-9-13(10)16-17-14(18)11-7-3-4-8-12(11)15/h3-4,7-8,10H,2,5-6,9H2,1H3,(H,17,18). The van der Waals surface area contributed by atoms with E-state index < -0.39 is 11.7 Å². The van der Waals surface area contributed by atoms with Gasteiger partial charge in [0.25, 0.3) is 5.91 Å². The van der Waals surface area contributed by atoms with Crippen molar-refractivity contribution >= 4 is 11.6 Å². The third-order valence-electron chi connectivity index (χ3n) is 3.31. The van der Waals surface area contributed by atoms with Gasteiger partial charge in [-0.1, -0.05) is 25.5 Å². The van der Waals surface area contributed by atoms with Gasteiger partial charge in [-0.15, -0.1) is 0 Å². The summed E-state index contributed by atoms with van der Waals surface area (Å²) in [5, 5.41) is 4.13. The lowest BCUT2D eigenvalue weighted by atomic mass is 9.89. The van der Waals surface area contributed by atoms with Crippen LogP contribution in [0.4, 0.5) is 4.39 Å². The first kappa shape index (κ1) is 12.7. The number of rotatable bonds is 2. The maximum Gasteiger partial charge on any atom is 0.274 e. The summed E-state index contributed by atoms with van der Waals surface area (Å²) in [5.74, 6) is -0.607. The molecular formula is C14H17FN2O. The fourth-order valence-electron chi connectivity index (χ4n) is 2.16. The Morgan fingerprint density at radius 1 is 1.39 bits per heavy atom. The second-order valence-electron chi connectivity index (χ2n) is 4.67. The summed E-state index contributed by atoms with van der Waals surface area (Å²) in [6, 6.07) is 5.91. The number of carbonyl (C=O) groups excluding carboxylic acids is 1. The second kappa shape index (κ2) is 5.76. The van der Waals surface area contributed by atoms with Crippen molar-refractivity contribution in [1.82, 2.24) is 5.43 Å². The summed E-state index contributed by atoms with van der Waals surface area (Å²) in [5.41, 5.74) is 3.49. The zero-order valence-corrected chi connectivity index (χ0v) is 10.4. The van der Waals surface area contributed by atoms with Crippen molar-refractivity contribution in [3.05, 3.63) is 35.6 Å². The van der Waals surface area contributed by atoms with Crippen molar-refractivity contribution in [3.8, 4) is 0 Å². The summed E-state index contributed by atoms with van der Waals surface area (Å²) in [6.45, 7) is 2.10. The lowest BCUT2D eigenvalue weighted by Gasteiger charge is -2.19. The SMILES string of the molecule is CC1CCCCC1=NNC(=O)c1ccccc1F. The van der Waals surface area contributed by atoms with E-state index in [2.05, 4.69) is 17.5 Å². The number of nitrogens with one attached hydrogen (secondary N) is 1. The number of hydrazone groups is 1. The minimum absolute atomic E-state index is 0.0327. The first-order valence-corrected chi connectivity index (χ1v) is 6.30. The molecule has 1 fully saturated rings. The van der Waals surface area contributed by atoms with Crippen LogP contribution in [0.3, 0.4) is 0 Å². The Balaban J connectivity index is 2.04. The lowest BCUT2D eigenvalue weighted by Crippen LogP contribution is -2.24. The van der Waals surface area contributed by atoms with Crippen molar-refractivity contribution in [3.63, 3.8) is 0 Å². The average molecular weight is 248 g/mol. The molecule has 1 N–H and O–H groups in total. The lowest BCUT2D eigenvalue weighted by molar-refractivity contribution is 0.0950. The number of halogens is 1. The van der Waals surface area contributed by atoms with Gasteiger partial charge in [-0.05, 0) is 37.3 Å². The Hall–Kier alpha value is -1.71. The molecule has 0 radical (unpaired) electrons. The van der Waals surface area contributed by atoms with Gasteiger partial charge in [0.1, 0.15) is 5.82 Å². The molecule has 1 aromatic rings. The van der Waals surface area contributed by atoms with Crippen molar-refractivity contribution in [2.24, 2.45) is 11.0 Å². The number of carbonyl (C=O) groups is 1.